The van der Waals surface area contributed by atoms with E-state index in [4.69, 9.17) is 23.2 Å². The second-order valence-electron chi connectivity index (χ2n) is 9.01. The van der Waals surface area contributed by atoms with Gasteiger partial charge in [-0.3, -0.25) is 4.79 Å². The van der Waals surface area contributed by atoms with Gasteiger partial charge in [0.25, 0.3) is 5.91 Å². The molecule has 178 valence electrons. The van der Waals surface area contributed by atoms with Crippen molar-refractivity contribution < 1.29 is 9.18 Å². The molecular weight excluding hydrogens is 494 g/mol. The largest absolute Gasteiger partial charge is 0.343 e. The zero-order chi connectivity index (χ0) is 25.0. The van der Waals surface area contributed by atoms with Gasteiger partial charge in [0.05, 0.1) is 16.8 Å². The number of carbonyl (C=O) groups is 1. The number of hydrogen-bond donors (Lipinski definition) is 0. The van der Waals surface area contributed by atoms with Crippen LogP contribution in [0, 0.1) is 5.82 Å². The lowest BCUT2D eigenvalue weighted by atomic mass is 9.93. The van der Waals surface area contributed by atoms with E-state index in [1.165, 1.54) is 12.1 Å². The first-order valence-corrected chi connectivity index (χ1v) is 12.4. The van der Waals surface area contributed by atoms with Crippen molar-refractivity contribution in [2.45, 2.75) is 12.6 Å². The highest BCUT2D eigenvalue weighted by Gasteiger charge is 2.40. The van der Waals surface area contributed by atoms with E-state index < -0.39 is 0 Å². The molecule has 6 rings (SSSR count). The number of aryl methyl sites for hydroxylation is 1. The topological polar surface area (TPSA) is 25.2 Å². The molecule has 1 aliphatic heterocycles. The summed E-state index contributed by atoms with van der Waals surface area (Å²) in [6.07, 6.45) is 0. The summed E-state index contributed by atoms with van der Waals surface area (Å²) in [4.78, 5) is 15.6. The molecule has 2 heterocycles. The maximum atomic E-state index is 13.8. The molecule has 0 saturated heterocycles. The van der Waals surface area contributed by atoms with Crippen molar-refractivity contribution in [3.8, 4) is 11.3 Å². The summed E-state index contributed by atoms with van der Waals surface area (Å²) in [6.45, 7) is 0.343. The first kappa shape index (κ1) is 22.8. The molecular formula is C30H21Cl2FN2O. The Labute approximate surface area is 218 Å². The van der Waals surface area contributed by atoms with Gasteiger partial charge in [-0.15, -0.1) is 0 Å². The molecule has 0 aliphatic carbocycles. The number of carbonyl (C=O) groups excluding carboxylic acids is 1. The van der Waals surface area contributed by atoms with Crippen LogP contribution in [-0.4, -0.2) is 15.4 Å². The summed E-state index contributed by atoms with van der Waals surface area (Å²) in [5, 5.41) is 2.14. The Morgan fingerprint density at radius 3 is 2.36 bits per heavy atom. The number of hydrogen-bond acceptors (Lipinski definition) is 1. The van der Waals surface area contributed by atoms with Crippen LogP contribution in [-0.2, 0) is 13.6 Å². The monoisotopic (exact) mass is 514 g/mol. The zero-order valence-corrected chi connectivity index (χ0v) is 20.9. The Morgan fingerprint density at radius 1 is 0.861 bits per heavy atom. The standard InChI is InChI=1S/C30H21Cl2FN2O/c1-34-26-9-5-4-8-24(26)27(28(34)23-15-12-19(31)16-25(23)32)29-21-6-2-3-7-22(21)30(36)35(29)17-18-10-13-20(33)14-11-18/h2-16,29H,17H2,1H3/t29-/m1/s1. The van der Waals surface area contributed by atoms with Crippen molar-refractivity contribution >= 4 is 40.0 Å². The Morgan fingerprint density at radius 2 is 1.58 bits per heavy atom. The van der Waals surface area contributed by atoms with Crippen molar-refractivity contribution in [1.29, 1.82) is 0 Å². The second-order valence-corrected chi connectivity index (χ2v) is 9.86. The van der Waals surface area contributed by atoms with Gasteiger partial charge in [-0.05, 0) is 53.6 Å². The maximum Gasteiger partial charge on any atom is 0.255 e. The third-order valence-corrected chi connectivity index (χ3v) is 7.48. The van der Waals surface area contributed by atoms with E-state index in [1.807, 2.05) is 60.5 Å². The van der Waals surface area contributed by atoms with Crippen LogP contribution in [0.15, 0.2) is 91.0 Å². The van der Waals surface area contributed by atoms with E-state index in [1.54, 1.807) is 18.2 Å². The number of benzene rings is 4. The minimum atomic E-state index is -0.355. The number of amides is 1. The average Bonchev–Trinajstić information content (AvgIpc) is 3.31. The van der Waals surface area contributed by atoms with Crippen molar-refractivity contribution in [2.75, 3.05) is 0 Å². The second kappa shape index (κ2) is 8.81. The van der Waals surface area contributed by atoms with Crippen molar-refractivity contribution in [2.24, 2.45) is 7.05 Å². The van der Waals surface area contributed by atoms with E-state index >= 15 is 0 Å². The SMILES string of the molecule is Cn1c(-c2ccc(Cl)cc2Cl)c([C@H]2c3ccccc3C(=O)N2Cc2ccc(F)cc2)c2ccccc21. The lowest BCUT2D eigenvalue weighted by Gasteiger charge is -2.27. The molecule has 1 aliphatic rings. The molecule has 0 saturated carbocycles. The Hall–Kier alpha value is -3.60. The summed E-state index contributed by atoms with van der Waals surface area (Å²) >= 11 is 13.0. The van der Waals surface area contributed by atoms with Gasteiger partial charge in [-0.1, -0.05) is 71.7 Å². The molecule has 0 bridgehead atoms. The van der Waals surface area contributed by atoms with Gasteiger partial charge in [-0.25, -0.2) is 4.39 Å². The van der Waals surface area contributed by atoms with Crippen LogP contribution in [0.2, 0.25) is 10.0 Å². The Kier molecular flexibility index (Phi) is 5.59. The smallest absolute Gasteiger partial charge is 0.255 e. The molecule has 1 atom stereocenters. The summed E-state index contributed by atoms with van der Waals surface area (Å²) in [7, 11) is 2.01. The van der Waals surface area contributed by atoms with Crippen LogP contribution in [0.1, 0.15) is 33.1 Å². The maximum absolute atomic E-state index is 13.8. The van der Waals surface area contributed by atoms with Gasteiger partial charge in [-0.2, -0.15) is 0 Å². The average molecular weight is 515 g/mol. The number of fused-ring (bicyclic) bond motifs is 2. The minimum absolute atomic E-state index is 0.0546. The van der Waals surface area contributed by atoms with Crippen LogP contribution in [0.4, 0.5) is 4.39 Å². The molecule has 3 nitrogen and oxygen atoms in total. The van der Waals surface area contributed by atoms with Crippen LogP contribution in [0.5, 0.6) is 0 Å². The van der Waals surface area contributed by atoms with E-state index in [0.29, 0.717) is 22.2 Å². The van der Waals surface area contributed by atoms with Gasteiger partial charge in [0.1, 0.15) is 5.82 Å². The normalized spacial score (nSPS) is 15.1. The lowest BCUT2D eigenvalue weighted by molar-refractivity contribution is 0.0737. The van der Waals surface area contributed by atoms with Crippen molar-refractivity contribution in [1.82, 2.24) is 9.47 Å². The molecule has 0 radical (unpaired) electrons. The summed E-state index contributed by atoms with van der Waals surface area (Å²) in [6, 6.07) is 27.3. The quantitative estimate of drug-likeness (QED) is 0.238. The Balaban J connectivity index is 1.63. The summed E-state index contributed by atoms with van der Waals surface area (Å²) < 4.78 is 15.7. The fraction of sp³-hybridized carbons (Fsp3) is 0.100. The van der Waals surface area contributed by atoms with Crippen LogP contribution in [0.3, 0.4) is 0 Å². The highest BCUT2D eigenvalue weighted by molar-refractivity contribution is 6.36. The van der Waals surface area contributed by atoms with Crippen molar-refractivity contribution in [3.63, 3.8) is 0 Å². The number of aromatic nitrogens is 1. The van der Waals surface area contributed by atoms with Crippen molar-refractivity contribution in [3.05, 3.63) is 129 Å². The molecule has 0 fully saturated rings. The number of rotatable bonds is 4. The molecule has 0 unspecified atom stereocenters. The van der Waals surface area contributed by atoms with Crippen LogP contribution < -0.4 is 0 Å². The highest BCUT2D eigenvalue weighted by atomic mass is 35.5. The van der Waals surface area contributed by atoms with Gasteiger partial charge in [0.2, 0.25) is 0 Å². The molecule has 36 heavy (non-hydrogen) atoms. The summed E-state index contributed by atoms with van der Waals surface area (Å²) in [5.74, 6) is -0.360. The number of para-hydroxylation sites is 1. The van der Waals surface area contributed by atoms with E-state index in [9.17, 15) is 9.18 Å². The molecule has 4 aromatic carbocycles. The van der Waals surface area contributed by atoms with Gasteiger partial charge < -0.3 is 9.47 Å². The van der Waals surface area contributed by atoms with Crippen LogP contribution in [0.25, 0.3) is 22.2 Å². The van der Waals surface area contributed by atoms with E-state index in [-0.39, 0.29) is 17.8 Å². The lowest BCUT2D eigenvalue weighted by Crippen LogP contribution is -2.28. The summed E-state index contributed by atoms with van der Waals surface area (Å²) in [5.41, 5.74) is 6.27. The van der Waals surface area contributed by atoms with Gasteiger partial charge in [0, 0.05) is 46.2 Å². The molecule has 1 amide bonds. The van der Waals surface area contributed by atoms with Gasteiger partial charge >= 0.3 is 0 Å². The number of halogens is 3. The third-order valence-electron chi connectivity index (χ3n) is 6.93. The fourth-order valence-electron chi connectivity index (χ4n) is 5.34. The fourth-order valence-corrected chi connectivity index (χ4v) is 5.84. The Bertz CT molecular complexity index is 1640. The van der Waals surface area contributed by atoms with Crippen LogP contribution >= 0.6 is 23.2 Å². The van der Waals surface area contributed by atoms with E-state index in [0.717, 1.165) is 38.9 Å². The number of nitrogens with zero attached hydrogens (tertiary/aromatic N) is 2. The van der Waals surface area contributed by atoms with E-state index in [2.05, 4.69) is 16.7 Å². The predicted molar refractivity (Wildman–Crippen MR) is 143 cm³/mol. The first-order valence-electron chi connectivity index (χ1n) is 11.6. The molecule has 6 heteroatoms. The third kappa shape index (κ3) is 3.60. The van der Waals surface area contributed by atoms with Gasteiger partial charge in [0.15, 0.2) is 0 Å². The highest BCUT2D eigenvalue weighted by Crippen LogP contribution is 2.48. The molecule has 0 spiro atoms. The zero-order valence-electron chi connectivity index (χ0n) is 19.4. The minimum Gasteiger partial charge on any atom is -0.343 e. The molecule has 5 aromatic rings. The first-order chi connectivity index (χ1) is 17.4. The predicted octanol–water partition coefficient (Wildman–Crippen LogP) is 8.04. The molecule has 1 aromatic heterocycles. The molecule has 0 N–H and O–H groups in total.